The third-order valence-corrected chi connectivity index (χ3v) is 4.55. The molecule has 4 aromatic rings. The average molecular weight is 356 g/mol. The molecule has 2 aromatic carbocycles. The Labute approximate surface area is 165 Å². The minimum atomic E-state index is 0.826. The van der Waals surface area contributed by atoms with Crippen LogP contribution < -0.4 is 0 Å². The number of nitrogens with zero attached hydrogens (tertiary/aromatic N) is 2. The van der Waals surface area contributed by atoms with Gasteiger partial charge in [-0.2, -0.15) is 0 Å². The Morgan fingerprint density at radius 1 is 0.500 bits per heavy atom. The van der Waals surface area contributed by atoms with E-state index >= 15 is 0 Å². The van der Waals surface area contributed by atoms with Crippen LogP contribution in [0.4, 0.5) is 0 Å². The minimum absolute atomic E-state index is 0.826. The molecule has 0 radical (unpaired) electrons. The Kier molecular flexibility index (Phi) is 4.70. The first kappa shape index (κ1) is 17.3. The first-order valence-electron chi connectivity index (χ1n) is 8.83. The van der Waals surface area contributed by atoms with Gasteiger partial charge in [0.2, 0.25) is 0 Å². The molecule has 0 atom stereocenters. The molecule has 0 bridgehead atoms. The van der Waals surface area contributed by atoms with E-state index in [1.54, 1.807) is 12.4 Å². The molecule has 0 aliphatic rings. The molecule has 2 aromatic heterocycles. The molecule has 0 unspecified atom stereocenters. The Hall–Kier alpha value is -4.14. The Morgan fingerprint density at radius 2 is 0.857 bits per heavy atom. The van der Waals surface area contributed by atoms with E-state index in [1.165, 1.54) is 0 Å². The van der Waals surface area contributed by atoms with Crippen molar-refractivity contribution < 1.29 is 0 Å². The van der Waals surface area contributed by atoms with Crippen LogP contribution >= 0.6 is 0 Å². The van der Waals surface area contributed by atoms with Crippen LogP contribution in [0.25, 0.3) is 33.6 Å². The third kappa shape index (κ3) is 3.54. The fraction of sp³-hybridized carbons (Fsp3) is 0. The van der Waals surface area contributed by atoms with Gasteiger partial charge in [0.25, 0.3) is 0 Å². The van der Waals surface area contributed by atoms with E-state index in [-0.39, 0.29) is 0 Å². The first-order chi connectivity index (χ1) is 13.8. The van der Waals surface area contributed by atoms with Gasteiger partial charge in [-0.3, -0.25) is 9.97 Å². The van der Waals surface area contributed by atoms with Crippen LogP contribution in [0, 0.1) is 24.7 Å². The van der Waals surface area contributed by atoms with Gasteiger partial charge in [0.15, 0.2) is 0 Å². The van der Waals surface area contributed by atoms with Gasteiger partial charge in [0.1, 0.15) is 0 Å². The van der Waals surface area contributed by atoms with Gasteiger partial charge in [0, 0.05) is 34.6 Å². The second-order valence-corrected chi connectivity index (χ2v) is 6.30. The molecular formula is C26H16N2. The number of hydrogen-bond donors (Lipinski definition) is 0. The molecule has 4 rings (SSSR count). The van der Waals surface area contributed by atoms with Gasteiger partial charge >= 0.3 is 0 Å². The minimum Gasteiger partial charge on any atom is -0.256 e. The van der Waals surface area contributed by atoms with E-state index in [9.17, 15) is 0 Å². The van der Waals surface area contributed by atoms with Crippen LogP contribution in [-0.2, 0) is 0 Å². The maximum Gasteiger partial charge on any atom is 0.0714 e. The van der Waals surface area contributed by atoms with Gasteiger partial charge in [-0.25, -0.2) is 0 Å². The summed E-state index contributed by atoms with van der Waals surface area (Å²) in [5.41, 5.74) is 7.73. The maximum atomic E-state index is 5.48. The summed E-state index contributed by atoms with van der Waals surface area (Å²) in [4.78, 5) is 8.81. The fourth-order valence-corrected chi connectivity index (χ4v) is 3.02. The van der Waals surface area contributed by atoms with Crippen LogP contribution in [0.1, 0.15) is 11.1 Å². The SMILES string of the molecule is C#Cc1ccnc(-c2ccc(-c3ccc(-c4cc(C#C)ccn4)cc3)cc2)c1. The van der Waals surface area contributed by atoms with E-state index in [0.717, 1.165) is 44.8 Å². The topological polar surface area (TPSA) is 25.8 Å². The molecule has 130 valence electrons. The lowest BCUT2D eigenvalue weighted by Gasteiger charge is -2.07. The third-order valence-electron chi connectivity index (χ3n) is 4.55. The highest BCUT2D eigenvalue weighted by molar-refractivity contribution is 5.72. The lowest BCUT2D eigenvalue weighted by molar-refractivity contribution is 1.31. The van der Waals surface area contributed by atoms with Crippen molar-refractivity contribution in [3.63, 3.8) is 0 Å². The molecule has 0 amide bonds. The van der Waals surface area contributed by atoms with Gasteiger partial charge < -0.3 is 0 Å². The number of rotatable bonds is 3. The Bertz CT molecular complexity index is 1110. The molecule has 0 saturated carbocycles. The van der Waals surface area contributed by atoms with E-state index in [0.29, 0.717) is 0 Å². The average Bonchev–Trinajstić information content (AvgIpc) is 2.79. The zero-order valence-electron chi connectivity index (χ0n) is 15.1. The highest BCUT2D eigenvalue weighted by Crippen LogP contribution is 2.26. The summed E-state index contributed by atoms with van der Waals surface area (Å²) in [6, 6.07) is 24.1. The van der Waals surface area contributed by atoms with Crippen LogP contribution in [0.3, 0.4) is 0 Å². The standard InChI is InChI=1S/C26H16N2/c1-3-19-13-15-27-25(17-19)23-9-5-21(6-10-23)22-7-11-24(12-8-22)26-18-20(4-2)14-16-28-26/h1-2,5-18H. The van der Waals surface area contributed by atoms with Crippen molar-refractivity contribution in [2.45, 2.75) is 0 Å². The summed E-state index contributed by atoms with van der Waals surface area (Å²) in [5, 5.41) is 0. The summed E-state index contributed by atoms with van der Waals surface area (Å²) in [6.45, 7) is 0. The number of aromatic nitrogens is 2. The zero-order valence-corrected chi connectivity index (χ0v) is 15.1. The molecule has 0 N–H and O–H groups in total. The first-order valence-corrected chi connectivity index (χ1v) is 8.83. The van der Waals surface area contributed by atoms with E-state index in [1.807, 2.05) is 24.3 Å². The van der Waals surface area contributed by atoms with Crippen molar-refractivity contribution in [3.8, 4) is 58.3 Å². The zero-order chi connectivity index (χ0) is 19.3. The monoisotopic (exact) mass is 356 g/mol. The molecule has 0 aliphatic carbocycles. The van der Waals surface area contributed by atoms with Crippen molar-refractivity contribution >= 4 is 0 Å². The summed E-state index contributed by atoms with van der Waals surface area (Å²) in [5.74, 6) is 5.29. The van der Waals surface area contributed by atoms with E-state index in [2.05, 4.69) is 70.3 Å². The largest absolute Gasteiger partial charge is 0.256 e. The van der Waals surface area contributed by atoms with Crippen molar-refractivity contribution in [2.24, 2.45) is 0 Å². The van der Waals surface area contributed by atoms with Crippen molar-refractivity contribution in [2.75, 3.05) is 0 Å². The number of pyridine rings is 2. The van der Waals surface area contributed by atoms with E-state index in [4.69, 9.17) is 12.8 Å². The number of terminal acetylenes is 2. The van der Waals surface area contributed by atoms with Crippen molar-refractivity contribution in [3.05, 3.63) is 96.3 Å². The lowest BCUT2D eigenvalue weighted by Crippen LogP contribution is -1.87. The van der Waals surface area contributed by atoms with Gasteiger partial charge in [0.05, 0.1) is 11.4 Å². The molecule has 28 heavy (non-hydrogen) atoms. The maximum absolute atomic E-state index is 5.48. The van der Waals surface area contributed by atoms with Crippen LogP contribution in [0.5, 0.6) is 0 Å². The lowest BCUT2D eigenvalue weighted by atomic mass is 10.00. The molecule has 0 fully saturated rings. The quantitative estimate of drug-likeness (QED) is 0.457. The molecule has 2 heterocycles. The molecule has 2 nitrogen and oxygen atoms in total. The second kappa shape index (κ2) is 7.62. The second-order valence-electron chi connectivity index (χ2n) is 6.30. The number of benzene rings is 2. The van der Waals surface area contributed by atoms with E-state index < -0.39 is 0 Å². The van der Waals surface area contributed by atoms with Crippen LogP contribution in [-0.4, -0.2) is 9.97 Å². The summed E-state index contributed by atoms with van der Waals surface area (Å²) >= 11 is 0. The fourth-order valence-electron chi connectivity index (χ4n) is 3.02. The predicted molar refractivity (Wildman–Crippen MR) is 114 cm³/mol. The smallest absolute Gasteiger partial charge is 0.0714 e. The van der Waals surface area contributed by atoms with Crippen LogP contribution in [0.15, 0.2) is 85.2 Å². The Balaban J connectivity index is 1.59. The molecule has 2 heteroatoms. The summed E-state index contributed by atoms with van der Waals surface area (Å²) in [6.07, 6.45) is 14.4. The molecule has 0 spiro atoms. The number of hydrogen-bond acceptors (Lipinski definition) is 2. The molecule has 0 aliphatic heterocycles. The van der Waals surface area contributed by atoms with Crippen molar-refractivity contribution in [1.82, 2.24) is 9.97 Å². The van der Waals surface area contributed by atoms with Crippen molar-refractivity contribution in [1.29, 1.82) is 0 Å². The highest BCUT2D eigenvalue weighted by atomic mass is 14.7. The molecule has 0 saturated heterocycles. The summed E-state index contributed by atoms with van der Waals surface area (Å²) in [7, 11) is 0. The highest BCUT2D eigenvalue weighted by Gasteiger charge is 2.04. The Morgan fingerprint density at radius 3 is 1.21 bits per heavy atom. The summed E-state index contributed by atoms with van der Waals surface area (Å²) < 4.78 is 0. The van der Waals surface area contributed by atoms with Gasteiger partial charge in [-0.15, -0.1) is 12.8 Å². The van der Waals surface area contributed by atoms with Gasteiger partial charge in [-0.1, -0.05) is 60.4 Å². The predicted octanol–water partition coefficient (Wildman–Crippen LogP) is 5.44. The normalized spacial score (nSPS) is 10.1. The van der Waals surface area contributed by atoms with Gasteiger partial charge in [-0.05, 0) is 35.4 Å². The molecular weight excluding hydrogens is 340 g/mol. The van der Waals surface area contributed by atoms with Crippen LogP contribution in [0.2, 0.25) is 0 Å².